The van der Waals surface area contributed by atoms with Gasteiger partial charge in [0, 0.05) is 30.6 Å². The van der Waals surface area contributed by atoms with Crippen molar-refractivity contribution in [1.29, 1.82) is 0 Å². The van der Waals surface area contributed by atoms with Gasteiger partial charge in [0.1, 0.15) is 5.57 Å². The van der Waals surface area contributed by atoms with E-state index in [1.807, 2.05) is 24.5 Å². The molecule has 0 spiro atoms. The van der Waals surface area contributed by atoms with Crippen LogP contribution in [0, 0.1) is 24.0 Å². The number of ether oxygens (including phenoxy) is 1. The number of aryl methyl sites for hydroxylation is 1. The van der Waals surface area contributed by atoms with Crippen LogP contribution in [0.5, 0.6) is 0 Å². The summed E-state index contributed by atoms with van der Waals surface area (Å²) in [5.41, 5.74) is 2.74. The summed E-state index contributed by atoms with van der Waals surface area (Å²) in [6.07, 6.45) is 1.51. The molecular weight excluding hydrogens is 408 g/mol. The third-order valence-electron chi connectivity index (χ3n) is 4.77. The van der Waals surface area contributed by atoms with Crippen LogP contribution in [0.3, 0.4) is 0 Å². The molecule has 0 radical (unpaired) electrons. The van der Waals surface area contributed by atoms with Gasteiger partial charge in [-0.15, -0.1) is 0 Å². The zero-order valence-electron chi connectivity index (χ0n) is 16.7. The fourth-order valence-electron chi connectivity index (χ4n) is 3.31. The number of amides is 2. The van der Waals surface area contributed by atoms with Crippen LogP contribution in [-0.2, 0) is 14.3 Å². The van der Waals surface area contributed by atoms with Crippen LogP contribution < -0.4 is 5.32 Å². The normalized spacial score (nSPS) is 15.6. The van der Waals surface area contributed by atoms with Gasteiger partial charge in [-0.2, -0.15) is 0 Å². The predicted octanol–water partition coefficient (Wildman–Crippen LogP) is 2.28. The van der Waals surface area contributed by atoms with Gasteiger partial charge in [-0.25, -0.2) is 0 Å². The maximum atomic E-state index is 12.8. The second kappa shape index (κ2) is 8.56. The Hall–Kier alpha value is -3.37. The van der Waals surface area contributed by atoms with E-state index in [9.17, 15) is 19.7 Å². The number of aromatic nitrogens is 1. The molecule has 3 rings (SSSR count). The van der Waals surface area contributed by atoms with E-state index in [0.29, 0.717) is 11.3 Å². The second-order valence-electron chi connectivity index (χ2n) is 6.71. The molecular formula is C20H20N4O5S. The Morgan fingerprint density at radius 2 is 2.00 bits per heavy atom. The first-order valence-corrected chi connectivity index (χ1v) is 9.47. The Bertz CT molecular complexity index is 1090. The number of methoxy groups -OCH3 is 1. The Morgan fingerprint density at radius 1 is 1.27 bits per heavy atom. The van der Waals surface area contributed by atoms with Crippen LogP contribution in [0.25, 0.3) is 11.8 Å². The lowest BCUT2D eigenvalue weighted by Gasteiger charge is -2.28. The van der Waals surface area contributed by atoms with Gasteiger partial charge in [-0.05, 0) is 49.8 Å². The highest BCUT2D eigenvalue weighted by Crippen LogP contribution is 2.26. The molecule has 0 aliphatic carbocycles. The number of thiocarbonyl (C=S) groups is 1. The van der Waals surface area contributed by atoms with E-state index in [1.54, 1.807) is 12.1 Å². The number of non-ortho nitro benzene ring substituents is 1. The Labute approximate surface area is 178 Å². The molecule has 1 N–H and O–H groups in total. The minimum Gasteiger partial charge on any atom is -0.383 e. The maximum absolute atomic E-state index is 12.8. The van der Waals surface area contributed by atoms with Crippen molar-refractivity contribution in [2.45, 2.75) is 13.8 Å². The molecule has 0 unspecified atom stereocenters. The lowest BCUT2D eigenvalue weighted by atomic mass is 10.1. The molecule has 10 heteroatoms. The molecule has 0 bridgehead atoms. The number of carbonyl (C=O) groups is 2. The van der Waals surface area contributed by atoms with Crippen molar-refractivity contribution in [3.63, 3.8) is 0 Å². The summed E-state index contributed by atoms with van der Waals surface area (Å²) in [6, 6.07) is 8.07. The summed E-state index contributed by atoms with van der Waals surface area (Å²) in [7, 11) is 1.51. The highest BCUT2D eigenvalue weighted by Gasteiger charge is 2.33. The number of nitrogens with one attached hydrogen (secondary N) is 1. The van der Waals surface area contributed by atoms with Gasteiger partial charge in [0.15, 0.2) is 5.11 Å². The smallest absolute Gasteiger partial charge is 0.271 e. The van der Waals surface area contributed by atoms with Crippen LogP contribution in [0.15, 0.2) is 35.9 Å². The van der Waals surface area contributed by atoms with Crippen molar-refractivity contribution in [2.24, 2.45) is 0 Å². The first kappa shape index (κ1) is 21.3. The molecule has 156 valence electrons. The van der Waals surface area contributed by atoms with Crippen molar-refractivity contribution in [2.75, 3.05) is 20.3 Å². The number of rotatable bonds is 6. The number of nitro benzene ring substituents is 1. The molecule has 9 nitrogen and oxygen atoms in total. The highest BCUT2D eigenvalue weighted by atomic mass is 32.1. The molecule has 0 atom stereocenters. The van der Waals surface area contributed by atoms with E-state index >= 15 is 0 Å². The van der Waals surface area contributed by atoms with Crippen LogP contribution in [0.4, 0.5) is 5.69 Å². The molecule has 1 fully saturated rings. The number of carbonyl (C=O) groups excluding carboxylic acids is 2. The van der Waals surface area contributed by atoms with E-state index < -0.39 is 16.7 Å². The van der Waals surface area contributed by atoms with Crippen LogP contribution >= 0.6 is 12.2 Å². The molecule has 0 saturated carbocycles. The summed E-state index contributed by atoms with van der Waals surface area (Å²) in [6.45, 7) is 4.15. The van der Waals surface area contributed by atoms with Crippen molar-refractivity contribution in [3.05, 3.63) is 63.0 Å². The fraction of sp³-hybridized carbons (Fsp3) is 0.250. The van der Waals surface area contributed by atoms with Gasteiger partial charge < -0.3 is 9.30 Å². The Kier molecular flexibility index (Phi) is 6.09. The Morgan fingerprint density at radius 3 is 2.67 bits per heavy atom. The molecule has 30 heavy (non-hydrogen) atoms. The molecule has 1 aliphatic rings. The molecule has 2 aromatic rings. The molecule has 1 aromatic carbocycles. The number of hydrogen-bond donors (Lipinski definition) is 1. The minimum absolute atomic E-state index is 0.0240. The highest BCUT2D eigenvalue weighted by molar-refractivity contribution is 7.80. The van der Waals surface area contributed by atoms with E-state index in [2.05, 4.69) is 5.32 Å². The first-order chi connectivity index (χ1) is 14.2. The monoisotopic (exact) mass is 428 g/mol. The lowest BCUT2D eigenvalue weighted by Crippen LogP contribution is -2.54. The fourth-order valence-corrected chi connectivity index (χ4v) is 3.58. The first-order valence-electron chi connectivity index (χ1n) is 9.06. The van der Waals surface area contributed by atoms with Gasteiger partial charge in [0.2, 0.25) is 0 Å². The summed E-state index contributed by atoms with van der Waals surface area (Å²) in [5.74, 6) is -1.07. The number of nitrogens with zero attached hydrogens (tertiary/aromatic N) is 3. The molecule has 1 aromatic heterocycles. The molecule has 1 saturated heterocycles. The standard InChI is InChI=1S/C20H20N4O5S/c1-12-9-14(13(2)23(12)15-5-4-6-16(11-15)24(27)28)10-17-18(25)21-20(30)22(19(17)26)7-8-29-3/h4-6,9-11H,7-8H2,1-3H3,(H,21,25,30)/b17-10+. The van der Waals surface area contributed by atoms with Crippen LogP contribution in [0.2, 0.25) is 0 Å². The molecule has 2 heterocycles. The van der Waals surface area contributed by atoms with Gasteiger partial charge in [-0.3, -0.25) is 29.9 Å². The van der Waals surface area contributed by atoms with Crippen molar-refractivity contribution < 1.29 is 19.2 Å². The number of nitro groups is 1. The second-order valence-corrected chi connectivity index (χ2v) is 7.09. The molecule has 2 amide bonds. The SMILES string of the molecule is COCCN1C(=O)/C(=C/c2cc(C)n(-c3cccc([N+](=O)[O-])c3)c2C)C(=O)NC1=S. The van der Waals surface area contributed by atoms with Gasteiger partial charge in [0.25, 0.3) is 17.5 Å². The number of hydrogen-bond acceptors (Lipinski definition) is 6. The Balaban J connectivity index is 2.02. The summed E-state index contributed by atoms with van der Waals surface area (Å²) in [5, 5.41) is 13.7. The van der Waals surface area contributed by atoms with Gasteiger partial charge in [0.05, 0.1) is 23.8 Å². The predicted molar refractivity (Wildman–Crippen MR) is 114 cm³/mol. The van der Waals surface area contributed by atoms with Crippen molar-refractivity contribution >= 4 is 40.9 Å². The number of benzene rings is 1. The van der Waals surface area contributed by atoms with E-state index in [0.717, 1.165) is 11.4 Å². The quantitative estimate of drug-likeness (QED) is 0.249. The average Bonchev–Trinajstić information content (AvgIpc) is 2.98. The largest absolute Gasteiger partial charge is 0.383 e. The average molecular weight is 428 g/mol. The summed E-state index contributed by atoms with van der Waals surface area (Å²) >= 11 is 5.09. The summed E-state index contributed by atoms with van der Waals surface area (Å²) in [4.78, 5) is 37.2. The van der Waals surface area contributed by atoms with E-state index in [4.69, 9.17) is 17.0 Å². The summed E-state index contributed by atoms with van der Waals surface area (Å²) < 4.78 is 6.83. The topological polar surface area (TPSA) is 107 Å². The minimum atomic E-state index is -0.571. The zero-order valence-corrected chi connectivity index (χ0v) is 17.5. The van der Waals surface area contributed by atoms with Crippen molar-refractivity contribution in [3.8, 4) is 5.69 Å². The van der Waals surface area contributed by atoms with Gasteiger partial charge >= 0.3 is 0 Å². The third kappa shape index (κ3) is 4.00. The van der Waals surface area contributed by atoms with Gasteiger partial charge in [-0.1, -0.05) is 6.07 Å². The maximum Gasteiger partial charge on any atom is 0.271 e. The van der Waals surface area contributed by atoms with Crippen LogP contribution in [-0.4, -0.2) is 51.6 Å². The third-order valence-corrected chi connectivity index (χ3v) is 5.10. The van der Waals surface area contributed by atoms with Crippen LogP contribution in [0.1, 0.15) is 17.0 Å². The lowest BCUT2D eigenvalue weighted by molar-refractivity contribution is -0.384. The van der Waals surface area contributed by atoms with E-state index in [1.165, 1.54) is 30.2 Å². The molecule has 1 aliphatic heterocycles. The zero-order chi connectivity index (χ0) is 22.0. The van der Waals surface area contributed by atoms with E-state index in [-0.39, 0.29) is 29.5 Å². The van der Waals surface area contributed by atoms with Crippen molar-refractivity contribution in [1.82, 2.24) is 14.8 Å².